The summed E-state index contributed by atoms with van der Waals surface area (Å²) in [7, 11) is -3.49. The number of piperidine rings is 1. The van der Waals surface area contributed by atoms with Crippen LogP contribution in [-0.4, -0.2) is 44.4 Å². The van der Waals surface area contributed by atoms with Gasteiger partial charge in [-0.1, -0.05) is 35.9 Å². The lowest BCUT2D eigenvalue weighted by Gasteiger charge is -2.32. The predicted molar refractivity (Wildman–Crippen MR) is 108 cm³/mol. The fraction of sp³-hybridized carbons (Fsp3) is 0.364. The Bertz CT molecular complexity index is 1020. The molecule has 0 N–H and O–H groups in total. The summed E-state index contributed by atoms with van der Waals surface area (Å²) >= 11 is 0. The second kappa shape index (κ2) is 7.87. The molecule has 2 aromatic carbocycles. The van der Waals surface area contributed by atoms with Crippen LogP contribution in [-0.2, 0) is 9.84 Å². The van der Waals surface area contributed by atoms with Crippen LogP contribution in [0.4, 0.5) is 0 Å². The number of nitrogens with zero attached hydrogens (tertiary/aromatic N) is 1. The Balaban J connectivity index is 1.72. The minimum absolute atomic E-state index is 0.0495. The first-order valence-electron chi connectivity index (χ1n) is 9.38. The summed E-state index contributed by atoms with van der Waals surface area (Å²) in [4.78, 5) is 27.5. The minimum atomic E-state index is -3.49. The molecule has 1 aliphatic heterocycles. The summed E-state index contributed by atoms with van der Waals surface area (Å²) in [6, 6.07) is 12.1. The van der Waals surface area contributed by atoms with Crippen LogP contribution in [0.1, 0.15) is 44.7 Å². The van der Waals surface area contributed by atoms with E-state index in [0.29, 0.717) is 25.9 Å². The van der Waals surface area contributed by atoms with Gasteiger partial charge in [-0.2, -0.15) is 0 Å². The number of amides is 1. The van der Waals surface area contributed by atoms with Crippen LogP contribution in [0.3, 0.4) is 0 Å². The van der Waals surface area contributed by atoms with E-state index < -0.39 is 9.84 Å². The monoisotopic (exact) mass is 399 g/mol. The number of likely N-dealkylation sites (tertiary alicyclic amines) is 1. The van der Waals surface area contributed by atoms with Crippen molar-refractivity contribution in [3.63, 3.8) is 0 Å². The van der Waals surface area contributed by atoms with Gasteiger partial charge in [0, 0.05) is 30.8 Å². The van der Waals surface area contributed by atoms with E-state index in [1.807, 2.05) is 32.0 Å². The van der Waals surface area contributed by atoms with Crippen molar-refractivity contribution in [1.82, 2.24) is 4.90 Å². The summed E-state index contributed by atoms with van der Waals surface area (Å²) in [6.07, 6.45) is 2.27. The van der Waals surface area contributed by atoms with Gasteiger partial charge in [0.1, 0.15) is 0 Å². The smallest absolute Gasteiger partial charge is 0.255 e. The maximum atomic E-state index is 12.9. The molecule has 0 aromatic heterocycles. The third-order valence-corrected chi connectivity index (χ3v) is 6.47. The molecule has 0 spiro atoms. The topological polar surface area (TPSA) is 71.5 Å². The van der Waals surface area contributed by atoms with E-state index >= 15 is 0 Å². The summed E-state index contributed by atoms with van der Waals surface area (Å²) in [5.74, 6) is -0.282. The highest BCUT2D eigenvalue weighted by Gasteiger charge is 2.30. The first-order valence-corrected chi connectivity index (χ1v) is 11.3. The van der Waals surface area contributed by atoms with Gasteiger partial charge >= 0.3 is 0 Å². The second-order valence-electron chi connectivity index (χ2n) is 7.52. The van der Waals surface area contributed by atoms with E-state index in [1.165, 1.54) is 6.07 Å². The van der Waals surface area contributed by atoms with E-state index in [4.69, 9.17) is 0 Å². The molecular weight excluding hydrogens is 374 g/mol. The van der Waals surface area contributed by atoms with Crippen LogP contribution in [0.15, 0.2) is 47.4 Å². The van der Waals surface area contributed by atoms with Gasteiger partial charge < -0.3 is 4.90 Å². The zero-order valence-corrected chi connectivity index (χ0v) is 17.3. The van der Waals surface area contributed by atoms with Gasteiger partial charge in [-0.15, -0.1) is 0 Å². The van der Waals surface area contributed by atoms with Gasteiger partial charge in [0.25, 0.3) is 5.91 Å². The lowest BCUT2D eigenvalue weighted by molar-refractivity contribution is 0.0647. The molecule has 3 rings (SSSR count). The number of aryl methyl sites for hydroxylation is 2. The minimum Gasteiger partial charge on any atom is -0.339 e. The largest absolute Gasteiger partial charge is 0.339 e. The number of Topliss-reactive ketones (excluding diaryl/α,β-unsaturated/α-hetero) is 1. The Kier molecular flexibility index (Phi) is 5.70. The van der Waals surface area contributed by atoms with Crippen LogP contribution < -0.4 is 0 Å². The molecule has 0 unspecified atom stereocenters. The molecule has 1 saturated heterocycles. The van der Waals surface area contributed by atoms with Gasteiger partial charge in [0.05, 0.1) is 10.5 Å². The Morgan fingerprint density at radius 3 is 2.21 bits per heavy atom. The number of ketones is 1. The first kappa shape index (κ1) is 20.3. The molecule has 6 heteroatoms. The second-order valence-corrected chi connectivity index (χ2v) is 9.50. The quantitative estimate of drug-likeness (QED) is 0.739. The first-order chi connectivity index (χ1) is 13.2. The molecule has 0 bridgehead atoms. The van der Waals surface area contributed by atoms with Gasteiger partial charge in [-0.3, -0.25) is 9.59 Å². The van der Waals surface area contributed by atoms with E-state index in [-0.39, 0.29) is 28.1 Å². The van der Waals surface area contributed by atoms with E-state index in [1.54, 1.807) is 23.1 Å². The average molecular weight is 400 g/mol. The molecule has 0 aliphatic carbocycles. The lowest BCUT2D eigenvalue weighted by Crippen LogP contribution is -2.40. The molecule has 0 saturated carbocycles. The molecule has 1 heterocycles. The van der Waals surface area contributed by atoms with E-state index in [2.05, 4.69) is 0 Å². The molecule has 1 fully saturated rings. The van der Waals surface area contributed by atoms with Gasteiger partial charge in [-0.25, -0.2) is 8.42 Å². The SMILES string of the molecule is Cc1ccc(C(=O)C2CCN(C(=O)c3ccccc3S(C)(=O)=O)CC2)c(C)c1. The van der Waals surface area contributed by atoms with Crippen LogP contribution in [0.25, 0.3) is 0 Å². The van der Waals surface area contributed by atoms with Crippen LogP contribution in [0, 0.1) is 19.8 Å². The fourth-order valence-electron chi connectivity index (χ4n) is 3.79. The normalized spacial score (nSPS) is 15.5. The zero-order valence-electron chi connectivity index (χ0n) is 16.4. The fourth-order valence-corrected chi connectivity index (χ4v) is 4.67. The molecule has 2 aromatic rings. The van der Waals surface area contributed by atoms with Crippen LogP contribution in [0.5, 0.6) is 0 Å². The van der Waals surface area contributed by atoms with Crippen molar-refractivity contribution in [3.8, 4) is 0 Å². The Hall–Kier alpha value is -2.47. The number of sulfone groups is 1. The van der Waals surface area contributed by atoms with Gasteiger partial charge in [0.2, 0.25) is 0 Å². The van der Waals surface area contributed by atoms with Crippen molar-refractivity contribution in [3.05, 3.63) is 64.7 Å². The molecule has 148 valence electrons. The molecule has 1 amide bonds. The molecule has 5 nitrogen and oxygen atoms in total. The standard InChI is InChI=1S/C22H25NO4S/c1-15-8-9-18(16(2)14-15)21(24)17-10-12-23(13-11-17)22(25)19-6-4-5-7-20(19)28(3,26)27/h4-9,14,17H,10-13H2,1-3H3. The van der Waals surface area contributed by atoms with Crippen molar-refractivity contribution >= 4 is 21.5 Å². The van der Waals surface area contributed by atoms with E-state index in [9.17, 15) is 18.0 Å². The predicted octanol–water partition coefficient (Wildman–Crippen LogP) is 3.44. The van der Waals surface area contributed by atoms with Crippen molar-refractivity contribution < 1.29 is 18.0 Å². The van der Waals surface area contributed by atoms with Crippen molar-refractivity contribution in [1.29, 1.82) is 0 Å². The Morgan fingerprint density at radius 1 is 0.964 bits per heavy atom. The number of benzene rings is 2. The van der Waals surface area contributed by atoms with Gasteiger partial charge in [0.15, 0.2) is 15.6 Å². The number of rotatable bonds is 4. The maximum absolute atomic E-state index is 12.9. The van der Waals surface area contributed by atoms with Crippen LogP contribution >= 0.6 is 0 Å². The van der Waals surface area contributed by atoms with Gasteiger partial charge in [-0.05, 0) is 44.4 Å². The number of hydrogen-bond acceptors (Lipinski definition) is 4. The van der Waals surface area contributed by atoms with Crippen LogP contribution in [0.2, 0.25) is 0 Å². The number of hydrogen-bond donors (Lipinski definition) is 0. The zero-order chi connectivity index (χ0) is 20.5. The van der Waals surface area contributed by atoms with Crippen molar-refractivity contribution in [2.24, 2.45) is 5.92 Å². The third kappa shape index (κ3) is 4.17. The Labute approximate surface area is 166 Å². The number of carbonyl (C=O) groups is 2. The summed E-state index contributed by atoms with van der Waals surface area (Å²) in [6.45, 7) is 4.83. The molecule has 28 heavy (non-hydrogen) atoms. The summed E-state index contributed by atoms with van der Waals surface area (Å²) in [5, 5.41) is 0. The lowest BCUT2D eigenvalue weighted by atomic mass is 9.87. The third-order valence-electron chi connectivity index (χ3n) is 5.32. The molecule has 1 aliphatic rings. The number of carbonyl (C=O) groups excluding carboxylic acids is 2. The summed E-state index contributed by atoms with van der Waals surface area (Å²) in [5.41, 5.74) is 3.05. The highest BCUT2D eigenvalue weighted by atomic mass is 32.2. The Morgan fingerprint density at radius 2 is 1.61 bits per heavy atom. The molecule has 0 atom stereocenters. The maximum Gasteiger partial charge on any atom is 0.255 e. The molecule has 0 radical (unpaired) electrons. The van der Waals surface area contributed by atoms with E-state index in [0.717, 1.165) is 22.9 Å². The van der Waals surface area contributed by atoms with Crippen molar-refractivity contribution in [2.75, 3.05) is 19.3 Å². The highest BCUT2D eigenvalue weighted by Crippen LogP contribution is 2.26. The molecular formula is C22H25NO4S. The highest BCUT2D eigenvalue weighted by molar-refractivity contribution is 7.90. The van der Waals surface area contributed by atoms with Crippen molar-refractivity contribution in [2.45, 2.75) is 31.6 Å². The average Bonchev–Trinajstić information content (AvgIpc) is 2.66. The summed E-state index contributed by atoms with van der Waals surface area (Å²) < 4.78 is 24.0.